The first kappa shape index (κ1) is 12.6. The highest BCUT2D eigenvalue weighted by Crippen LogP contribution is 2.39. The van der Waals surface area contributed by atoms with Gasteiger partial charge < -0.3 is 5.11 Å². The van der Waals surface area contributed by atoms with Gasteiger partial charge in [0.1, 0.15) is 5.82 Å². The predicted octanol–water partition coefficient (Wildman–Crippen LogP) is 3.56. The summed E-state index contributed by atoms with van der Waals surface area (Å²) in [5, 5.41) is 10.7. The lowest BCUT2D eigenvalue weighted by Crippen LogP contribution is -2.44. The smallest absolute Gasteiger partial charge is 0.123 e. The van der Waals surface area contributed by atoms with Crippen LogP contribution in [0.15, 0.2) is 24.3 Å². The molecule has 0 saturated heterocycles. The maximum atomic E-state index is 13.1. The van der Waals surface area contributed by atoms with E-state index >= 15 is 0 Å². The average molecular weight is 236 g/mol. The molecule has 0 radical (unpaired) electrons. The molecule has 0 heterocycles. The molecule has 17 heavy (non-hydrogen) atoms. The van der Waals surface area contributed by atoms with Crippen LogP contribution >= 0.6 is 0 Å². The Labute approximate surface area is 103 Å². The quantitative estimate of drug-likeness (QED) is 0.832. The minimum Gasteiger partial charge on any atom is -0.389 e. The Morgan fingerprint density at radius 1 is 1.41 bits per heavy atom. The van der Waals surface area contributed by atoms with Gasteiger partial charge in [0.25, 0.3) is 0 Å². The molecular weight excluding hydrogens is 215 g/mol. The highest BCUT2D eigenvalue weighted by molar-refractivity contribution is 5.19. The van der Waals surface area contributed by atoms with E-state index in [-0.39, 0.29) is 11.7 Å². The van der Waals surface area contributed by atoms with Crippen molar-refractivity contribution in [3.8, 4) is 0 Å². The number of hydrogen-bond acceptors (Lipinski definition) is 1. The normalized spacial score (nSPS) is 33.6. The van der Waals surface area contributed by atoms with Crippen molar-refractivity contribution in [2.24, 2.45) is 11.8 Å². The lowest BCUT2D eigenvalue weighted by molar-refractivity contribution is -0.0621. The van der Waals surface area contributed by atoms with E-state index in [0.717, 1.165) is 18.4 Å². The summed E-state index contributed by atoms with van der Waals surface area (Å²) in [5.74, 6) is 0.601. The zero-order chi connectivity index (χ0) is 12.5. The van der Waals surface area contributed by atoms with E-state index < -0.39 is 5.60 Å². The maximum absolute atomic E-state index is 13.1. The van der Waals surface area contributed by atoms with Gasteiger partial charge >= 0.3 is 0 Å². The molecule has 1 fully saturated rings. The number of halogens is 1. The van der Waals surface area contributed by atoms with Gasteiger partial charge in [-0.3, -0.25) is 0 Å². The van der Waals surface area contributed by atoms with Crippen LogP contribution in [0, 0.1) is 17.7 Å². The molecule has 1 aliphatic carbocycles. The van der Waals surface area contributed by atoms with E-state index in [9.17, 15) is 9.50 Å². The highest BCUT2D eigenvalue weighted by Gasteiger charge is 2.39. The molecule has 0 aromatic heterocycles. The molecule has 1 N–H and O–H groups in total. The second kappa shape index (κ2) is 4.77. The Morgan fingerprint density at radius 2 is 2.18 bits per heavy atom. The lowest BCUT2D eigenvalue weighted by atomic mass is 9.68. The fourth-order valence-electron chi connectivity index (χ4n) is 2.99. The predicted molar refractivity (Wildman–Crippen MR) is 67.2 cm³/mol. The van der Waals surface area contributed by atoms with Crippen molar-refractivity contribution in [3.63, 3.8) is 0 Å². The number of rotatable bonds is 2. The molecule has 2 heteroatoms. The van der Waals surface area contributed by atoms with E-state index in [1.54, 1.807) is 6.07 Å². The van der Waals surface area contributed by atoms with Crippen molar-refractivity contribution in [2.45, 2.75) is 45.1 Å². The molecule has 2 rings (SSSR count). The lowest BCUT2D eigenvalue weighted by Gasteiger charge is -2.42. The topological polar surface area (TPSA) is 20.2 Å². The van der Waals surface area contributed by atoms with Crippen LogP contribution in [0.2, 0.25) is 0 Å². The molecule has 3 atom stereocenters. The molecule has 1 aliphatic rings. The van der Waals surface area contributed by atoms with Crippen LogP contribution in [0.3, 0.4) is 0 Å². The maximum Gasteiger partial charge on any atom is 0.123 e. The van der Waals surface area contributed by atoms with Gasteiger partial charge in [0, 0.05) is 6.42 Å². The van der Waals surface area contributed by atoms with Crippen LogP contribution in [-0.4, -0.2) is 10.7 Å². The minimum absolute atomic E-state index is 0.220. The number of hydrogen-bond donors (Lipinski definition) is 1. The Hall–Kier alpha value is -0.890. The molecule has 0 amide bonds. The van der Waals surface area contributed by atoms with E-state index in [4.69, 9.17) is 0 Å². The Balaban J connectivity index is 2.16. The van der Waals surface area contributed by atoms with Crippen LogP contribution < -0.4 is 0 Å². The van der Waals surface area contributed by atoms with Crippen LogP contribution in [0.25, 0.3) is 0 Å². The first-order chi connectivity index (χ1) is 8.01. The molecule has 1 nitrogen and oxygen atoms in total. The molecule has 94 valence electrons. The van der Waals surface area contributed by atoms with Crippen molar-refractivity contribution in [3.05, 3.63) is 35.6 Å². The zero-order valence-corrected chi connectivity index (χ0v) is 10.6. The number of aliphatic hydroxyl groups is 1. The van der Waals surface area contributed by atoms with Crippen LogP contribution in [0.4, 0.5) is 4.39 Å². The summed E-state index contributed by atoms with van der Waals surface area (Å²) < 4.78 is 13.1. The molecule has 1 aromatic carbocycles. The van der Waals surface area contributed by atoms with E-state index in [1.807, 2.05) is 6.07 Å². The van der Waals surface area contributed by atoms with Gasteiger partial charge in [-0.25, -0.2) is 4.39 Å². The second-order valence-corrected chi connectivity index (χ2v) is 5.57. The van der Waals surface area contributed by atoms with E-state index in [0.29, 0.717) is 12.3 Å². The first-order valence-electron chi connectivity index (χ1n) is 6.48. The molecule has 0 bridgehead atoms. The van der Waals surface area contributed by atoms with Gasteiger partial charge in [-0.15, -0.1) is 0 Å². The van der Waals surface area contributed by atoms with Gasteiger partial charge in [-0.2, -0.15) is 0 Å². The summed E-state index contributed by atoms with van der Waals surface area (Å²) in [5.41, 5.74) is 0.235. The zero-order valence-electron chi connectivity index (χ0n) is 10.6. The van der Waals surface area contributed by atoms with Crippen LogP contribution in [0.1, 0.15) is 38.7 Å². The van der Waals surface area contributed by atoms with Crippen molar-refractivity contribution >= 4 is 0 Å². The summed E-state index contributed by atoms with van der Waals surface area (Å²) in [4.78, 5) is 0. The van der Waals surface area contributed by atoms with Crippen LogP contribution in [0.5, 0.6) is 0 Å². The van der Waals surface area contributed by atoms with E-state index in [2.05, 4.69) is 13.8 Å². The summed E-state index contributed by atoms with van der Waals surface area (Å²) in [7, 11) is 0. The molecule has 0 aliphatic heterocycles. The first-order valence-corrected chi connectivity index (χ1v) is 6.48. The van der Waals surface area contributed by atoms with Gasteiger partial charge in [0.05, 0.1) is 5.60 Å². The van der Waals surface area contributed by atoms with Crippen molar-refractivity contribution in [1.29, 1.82) is 0 Å². The summed E-state index contributed by atoms with van der Waals surface area (Å²) in [6, 6.07) is 6.59. The van der Waals surface area contributed by atoms with Gasteiger partial charge in [-0.05, 0) is 36.0 Å². The van der Waals surface area contributed by atoms with Crippen LogP contribution in [-0.2, 0) is 6.42 Å². The van der Waals surface area contributed by atoms with Crippen molar-refractivity contribution < 1.29 is 9.50 Å². The third-order valence-electron chi connectivity index (χ3n) is 4.37. The molecule has 1 saturated carbocycles. The Bertz CT molecular complexity index is 390. The summed E-state index contributed by atoms with van der Waals surface area (Å²) >= 11 is 0. The standard InChI is InChI=1S/C15H21FO/c1-11-5-4-8-15(17,12(11)2)10-13-6-3-7-14(16)9-13/h3,6-7,9,11-12,17H,4-5,8,10H2,1-2H3. The van der Waals surface area contributed by atoms with E-state index in [1.165, 1.54) is 18.6 Å². The molecular formula is C15H21FO. The second-order valence-electron chi connectivity index (χ2n) is 5.57. The Kier molecular flexibility index (Phi) is 3.53. The van der Waals surface area contributed by atoms with Gasteiger partial charge in [0.15, 0.2) is 0 Å². The third-order valence-corrected chi connectivity index (χ3v) is 4.37. The van der Waals surface area contributed by atoms with Crippen molar-refractivity contribution in [2.75, 3.05) is 0 Å². The fourth-order valence-corrected chi connectivity index (χ4v) is 2.99. The monoisotopic (exact) mass is 236 g/mol. The third kappa shape index (κ3) is 2.68. The van der Waals surface area contributed by atoms with Crippen molar-refractivity contribution in [1.82, 2.24) is 0 Å². The van der Waals surface area contributed by atoms with Gasteiger partial charge in [-0.1, -0.05) is 38.8 Å². The minimum atomic E-state index is -0.661. The summed E-state index contributed by atoms with van der Waals surface area (Å²) in [6.07, 6.45) is 3.65. The van der Waals surface area contributed by atoms with Gasteiger partial charge in [0.2, 0.25) is 0 Å². The summed E-state index contributed by atoms with van der Waals surface area (Å²) in [6.45, 7) is 4.31. The average Bonchev–Trinajstić information content (AvgIpc) is 2.26. The fraction of sp³-hybridized carbons (Fsp3) is 0.600. The molecule has 1 aromatic rings. The number of benzene rings is 1. The molecule has 0 spiro atoms. The largest absolute Gasteiger partial charge is 0.389 e. The Morgan fingerprint density at radius 3 is 2.88 bits per heavy atom. The highest BCUT2D eigenvalue weighted by atomic mass is 19.1. The SMILES string of the molecule is CC1CCCC(O)(Cc2cccc(F)c2)C1C. The molecule has 3 unspecified atom stereocenters.